The van der Waals surface area contributed by atoms with Gasteiger partial charge in [0.15, 0.2) is 0 Å². The number of aromatic nitrogens is 1. The standard InChI is InChI=1S/C13H14F2N2O2/c1-8-5-17-13(19-8)7-16-6-12(18)10-4-9(14)2-3-11(10)15/h2-5,12,16,18H,6-7H2,1H3. The summed E-state index contributed by atoms with van der Waals surface area (Å²) in [7, 11) is 0. The van der Waals surface area contributed by atoms with Crippen LogP contribution in [0.25, 0.3) is 0 Å². The van der Waals surface area contributed by atoms with Crippen molar-refractivity contribution in [3.05, 3.63) is 53.2 Å². The van der Waals surface area contributed by atoms with Crippen LogP contribution in [0, 0.1) is 18.6 Å². The molecule has 1 heterocycles. The number of aryl methyl sites for hydroxylation is 1. The number of hydrogen-bond donors (Lipinski definition) is 2. The third-order valence-corrected chi connectivity index (χ3v) is 2.60. The number of aliphatic hydroxyl groups is 1. The van der Waals surface area contributed by atoms with Gasteiger partial charge >= 0.3 is 0 Å². The minimum Gasteiger partial charge on any atom is -0.445 e. The fourth-order valence-corrected chi connectivity index (χ4v) is 1.68. The van der Waals surface area contributed by atoms with Gasteiger partial charge in [-0.15, -0.1) is 0 Å². The van der Waals surface area contributed by atoms with Crippen LogP contribution in [-0.4, -0.2) is 16.6 Å². The summed E-state index contributed by atoms with van der Waals surface area (Å²) in [6, 6.07) is 2.98. The zero-order valence-corrected chi connectivity index (χ0v) is 10.4. The highest BCUT2D eigenvalue weighted by Crippen LogP contribution is 2.17. The van der Waals surface area contributed by atoms with E-state index >= 15 is 0 Å². The van der Waals surface area contributed by atoms with Gasteiger partial charge in [-0.3, -0.25) is 0 Å². The fourth-order valence-electron chi connectivity index (χ4n) is 1.68. The Bertz CT molecular complexity index is 557. The smallest absolute Gasteiger partial charge is 0.208 e. The third kappa shape index (κ3) is 3.59. The maximum Gasteiger partial charge on any atom is 0.208 e. The Morgan fingerprint density at radius 1 is 1.42 bits per heavy atom. The Labute approximate surface area is 109 Å². The number of nitrogens with one attached hydrogen (secondary N) is 1. The molecule has 1 aromatic heterocycles. The zero-order chi connectivity index (χ0) is 13.8. The van der Waals surface area contributed by atoms with E-state index in [9.17, 15) is 13.9 Å². The molecule has 1 atom stereocenters. The molecule has 1 aromatic carbocycles. The Hall–Kier alpha value is -1.79. The first-order valence-corrected chi connectivity index (χ1v) is 5.81. The van der Waals surface area contributed by atoms with E-state index in [1.165, 1.54) is 0 Å². The molecule has 102 valence electrons. The highest BCUT2D eigenvalue weighted by molar-refractivity contribution is 5.21. The second-order valence-corrected chi connectivity index (χ2v) is 4.18. The SMILES string of the molecule is Cc1cnc(CNCC(O)c2cc(F)ccc2F)o1. The van der Waals surface area contributed by atoms with Crippen molar-refractivity contribution >= 4 is 0 Å². The van der Waals surface area contributed by atoms with Gasteiger partial charge in [0, 0.05) is 12.1 Å². The summed E-state index contributed by atoms with van der Waals surface area (Å²) in [6.45, 7) is 2.15. The fraction of sp³-hybridized carbons (Fsp3) is 0.308. The minimum absolute atomic E-state index is 0.0712. The molecule has 2 N–H and O–H groups in total. The van der Waals surface area contributed by atoms with Crippen LogP contribution in [0.1, 0.15) is 23.3 Å². The van der Waals surface area contributed by atoms with Crippen LogP contribution < -0.4 is 5.32 Å². The highest BCUT2D eigenvalue weighted by atomic mass is 19.1. The first-order valence-electron chi connectivity index (χ1n) is 5.81. The molecule has 0 amide bonds. The Morgan fingerprint density at radius 2 is 2.21 bits per heavy atom. The number of benzene rings is 1. The molecule has 4 nitrogen and oxygen atoms in total. The van der Waals surface area contributed by atoms with Crippen LogP contribution in [0.2, 0.25) is 0 Å². The molecule has 0 saturated heterocycles. The van der Waals surface area contributed by atoms with Crippen LogP contribution in [0.3, 0.4) is 0 Å². The van der Waals surface area contributed by atoms with Crippen LogP contribution in [-0.2, 0) is 6.54 Å². The molecule has 0 radical (unpaired) electrons. The lowest BCUT2D eigenvalue weighted by molar-refractivity contribution is 0.168. The first-order chi connectivity index (χ1) is 9.06. The van der Waals surface area contributed by atoms with Crippen molar-refractivity contribution in [1.29, 1.82) is 0 Å². The summed E-state index contributed by atoms with van der Waals surface area (Å²) in [5, 5.41) is 12.7. The van der Waals surface area contributed by atoms with Gasteiger partial charge in [0.25, 0.3) is 0 Å². The zero-order valence-electron chi connectivity index (χ0n) is 10.4. The van der Waals surface area contributed by atoms with Gasteiger partial charge in [-0.05, 0) is 25.1 Å². The van der Waals surface area contributed by atoms with Crippen molar-refractivity contribution < 1.29 is 18.3 Å². The van der Waals surface area contributed by atoms with Crippen LogP contribution in [0.4, 0.5) is 8.78 Å². The first kappa shape index (κ1) is 13.6. The van der Waals surface area contributed by atoms with E-state index in [4.69, 9.17) is 4.42 Å². The molecule has 0 aliphatic heterocycles. The maximum absolute atomic E-state index is 13.4. The van der Waals surface area contributed by atoms with Crippen LogP contribution >= 0.6 is 0 Å². The molecular weight excluding hydrogens is 254 g/mol. The molecule has 0 fully saturated rings. The van der Waals surface area contributed by atoms with Crippen molar-refractivity contribution in [2.75, 3.05) is 6.54 Å². The molecule has 2 rings (SSSR count). The minimum atomic E-state index is -1.13. The third-order valence-electron chi connectivity index (χ3n) is 2.60. The normalized spacial score (nSPS) is 12.6. The molecule has 0 saturated carbocycles. The highest BCUT2D eigenvalue weighted by Gasteiger charge is 2.13. The maximum atomic E-state index is 13.4. The molecular formula is C13H14F2N2O2. The Balaban J connectivity index is 1.90. The number of oxazole rings is 1. The topological polar surface area (TPSA) is 58.3 Å². The van der Waals surface area contributed by atoms with E-state index in [0.29, 0.717) is 18.2 Å². The van der Waals surface area contributed by atoms with Gasteiger partial charge in [0.2, 0.25) is 5.89 Å². The second kappa shape index (κ2) is 5.90. The summed E-state index contributed by atoms with van der Waals surface area (Å²) < 4.78 is 31.6. The molecule has 19 heavy (non-hydrogen) atoms. The lowest BCUT2D eigenvalue weighted by atomic mass is 10.1. The number of nitrogens with zero attached hydrogens (tertiary/aromatic N) is 1. The van der Waals surface area contributed by atoms with Crippen molar-refractivity contribution in [3.8, 4) is 0 Å². The molecule has 0 spiro atoms. The van der Waals surface area contributed by atoms with Gasteiger partial charge < -0.3 is 14.8 Å². The lowest BCUT2D eigenvalue weighted by Crippen LogP contribution is -2.22. The van der Waals surface area contributed by atoms with E-state index < -0.39 is 17.7 Å². The van der Waals surface area contributed by atoms with Crippen molar-refractivity contribution in [2.24, 2.45) is 0 Å². The molecule has 1 unspecified atom stereocenters. The average Bonchev–Trinajstić information content (AvgIpc) is 2.78. The summed E-state index contributed by atoms with van der Waals surface area (Å²) in [5.74, 6) is -0.0561. The molecule has 6 heteroatoms. The molecule has 0 aliphatic carbocycles. The average molecular weight is 268 g/mol. The summed E-state index contributed by atoms with van der Waals surface area (Å²) in [4.78, 5) is 3.97. The van der Waals surface area contributed by atoms with Gasteiger partial charge in [-0.1, -0.05) is 0 Å². The van der Waals surface area contributed by atoms with Gasteiger partial charge in [0.1, 0.15) is 17.4 Å². The molecule has 0 bridgehead atoms. The van der Waals surface area contributed by atoms with Crippen LogP contribution in [0.15, 0.2) is 28.8 Å². The van der Waals surface area contributed by atoms with E-state index in [1.54, 1.807) is 13.1 Å². The van der Waals surface area contributed by atoms with Gasteiger partial charge in [0.05, 0.1) is 18.8 Å². The van der Waals surface area contributed by atoms with Crippen molar-refractivity contribution in [1.82, 2.24) is 10.3 Å². The molecule has 2 aromatic rings. The summed E-state index contributed by atoms with van der Waals surface area (Å²) in [6.07, 6.45) is 0.450. The number of aliphatic hydroxyl groups excluding tert-OH is 1. The monoisotopic (exact) mass is 268 g/mol. The summed E-state index contributed by atoms with van der Waals surface area (Å²) in [5.41, 5.74) is -0.0731. The van der Waals surface area contributed by atoms with E-state index in [-0.39, 0.29) is 12.1 Å². The number of halogens is 2. The number of rotatable bonds is 5. The molecule has 0 aliphatic rings. The van der Waals surface area contributed by atoms with Crippen LogP contribution in [0.5, 0.6) is 0 Å². The van der Waals surface area contributed by atoms with Crippen molar-refractivity contribution in [3.63, 3.8) is 0 Å². The van der Waals surface area contributed by atoms with E-state index in [1.807, 2.05) is 0 Å². The Morgan fingerprint density at radius 3 is 2.89 bits per heavy atom. The number of hydrogen-bond acceptors (Lipinski definition) is 4. The largest absolute Gasteiger partial charge is 0.445 e. The van der Waals surface area contributed by atoms with Crippen molar-refractivity contribution in [2.45, 2.75) is 19.6 Å². The quantitative estimate of drug-likeness (QED) is 0.871. The summed E-state index contributed by atoms with van der Waals surface area (Å²) >= 11 is 0. The Kier molecular flexibility index (Phi) is 4.24. The predicted octanol–water partition coefficient (Wildman–Crippen LogP) is 2.08. The predicted molar refractivity (Wildman–Crippen MR) is 64.3 cm³/mol. The van der Waals surface area contributed by atoms with E-state index in [2.05, 4.69) is 10.3 Å². The van der Waals surface area contributed by atoms with E-state index in [0.717, 1.165) is 18.2 Å². The lowest BCUT2D eigenvalue weighted by Gasteiger charge is -2.12. The van der Waals surface area contributed by atoms with Gasteiger partial charge in [-0.2, -0.15) is 0 Å². The van der Waals surface area contributed by atoms with Gasteiger partial charge in [-0.25, -0.2) is 13.8 Å². The second-order valence-electron chi connectivity index (χ2n) is 4.18.